The van der Waals surface area contributed by atoms with Gasteiger partial charge in [-0.15, -0.1) is 0 Å². The summed E-state index contributed by atoms with van der Waals surface area (Å²) >= 11 is 0.828. The summed E-state index contributed by atoms with van der Waals surface area (Å²) in [4.78, 5) is 43.3. The van der Waals surface area contributed by atoms with E-state index in [9.17, 15) is 23.9 Å². The molecule has 5 rings (SSSR count). The number of carbonyl (C=O) groups excluding carboxylic acids is 3. The minimum absolute atomic E-state index is 0.0335. The third kappa shape index (κ3) is 5.24. The predicted octanol–water partition coefficient (Wildman–Crippen LogP) is 5.41. The molecule has 0 bridgehead atoms. The van der Waals surface area contributed by atoms with E-state index in [-0.39, 0.29) is 46.3 Å². The second-order valence-electron chi connectivity index (χ2n) is 12.8. The summed E-state index contributed by atoms with van der Waals surface area (Å²) in [5, 5.41) is 11.6. The number of aliphatic hydroxyl groups is 1. The summed E-state index contributed by atoms with van der Waals surface area (Å²) in [6.45, 7) is 5.87. The summed E-state index contributed by atoms with van der Waals surface area (Å²) in [5.74, 6) is -1.46. The van der Waals surface area contributed by atoms with E-state index in [1.165, 1.54) is 24.8 Å². The van der Waals surface area contributed by atoms with E-state index in [0.717, 1.165) is 35.9 Å². The Labute approximate surface area is 256 Å². The van der Waals surface area contributed by atoms with Crippen molar-refractivity contribution in [3.63, 3.8) is 0 Å². The lowest BCUT2D eigenvalue weighted by Crippen LogP contribution is -2.62. The second-order valence-corrected chi connectivity index (χ2v) is 13.7. The third-order valence-corrected chi connectivity index (χ3v) is 11.7. The number of allylic oxidation sites excluding steroid dienone is 3. The van der Waals surface area contributed by atoms with Crippen LogP contribution in [0, 0.1) is 34.4 Å². The highest BCUT2D eigenvalue weighted by Gasteiger charge is 2.70. The highest BCUT2D eigenvalue weighted by molar-refractivity contribution is 8.14. The fourth-order valence-electron chi connectivity index (χ4n) is 8.69. The van der Waals surface area contributed by atoms with Crippen LogP contribution in [-0.4, -0.2) is 52.4 Å². The maximum Gasteiger partial charge on any atom is 0.316 e. The highest BCUT2D eigenvalue weighted by Crippen LogP contribution is 2.69. The van der Waals surface area contributed by atoms with Crippen molar-refractivity contribution >= 4 is 40.2 Å². The van der Waals surface area contributed by atoms with Crippen LogP contribution in [0.5, 0.6) is 0 Å². The molecule has 3 N–H and O–H groups in total. The molecule has 1 aromatic carbocycles. The fraction of sp³-hybridized carbons (Fsp3) is 0.576. The van der Waals surface area contributed by atoms with Crippen LogP contribution in [0.15, 0.2) is 52.7 Å². The molecule has 4 aliphatic carbocycles. The van der Waals surface area contributed by atoms with Crippen molar-refractivity contribution in [2.24, 2.45) is 39.3 Å². The normalized spacial score (nSPS) is 36.7. The number of aliphatic hydroxyl groups excluding tert-OH is 1. The maximum atomic E-state index is 13.9. The van der Waals surface area contributed by atoms with Crippen LogP contribution >= 0.6 is 11.8 Å². The zero-order valence-corrected chi connectivity index (χ0v) is 26.0. The maximum absolute atomic E-state index is 13.9. The number of hydrogen-bond donors (Lipinski definition) is 2. The average Bonchev–Trinajstić information content (AvgIpc) is 3.28. The van der Waals surface area contributed by atoms with Crippen molar-refractivity contribution in [1.82, 2.24) is 0 Å². The Bertz CT molecular complexity index is 1390. The molecule has 7 atom stereocenters. The van der Waals surface area contributed by atoms with E-state index in [2.05, 4.69) is 13.0 Å². The van der Waals surface area contributed by atoms with Crippen molar-refractivity contribution in [2.75, 3.05) is 12.9 Å². The zero-order valence-electron chi connectivity index (χ0n) is 25.2. The fourth-order valence-corrected chi connectivity index (χ4v) is 9.67. The van der Waals surface area contributed by atoms with Gasteiger partial charge in [0.1, 0.15) is 5.82 Å². The molecule has 232 valence electrons. The standard InChI is InChI=1S/C33H41FN2O6S/c1-5-27(38)42-33(30(40)43-18-28(39)41-4)13-12-24-23-11-6-20-14-25(36-22-9-7-21(34)8-10-22)19(17-35)15-31(20,2)29(23)26(37)16-32(24,33)3/h7-10,14,17,23-24,26,29,37H,5-6,11-13,15-16,18,35H2,1-4H3. The monoisotopic (exact) mass is 612 g/mol. The molecule has 0 amide bonds. The average molecular weight is 613 g/mol. The minimum atomic E-state index is -1.43. The molecule has 8 nitrogen and oxygen atoms in total. The Morgan fingerprint density at radius 3 is 2.56 bits per heavy atom. The summed E-state index contributed by atoms with van der Waals surface area (Å²) < 4.78 is 24.3. The van der Waals surface area contributed by atoms with Crippen LogP contribution in [0.2, 0.25) is 0 Å². The van der Waals surface area contributed by atoms with Gasteiger partial charge in [-0.2, -0.15) is 0 Å². The van der Waals surface area contributed by atoms with Crippen LogP contribution < -0.4 is 5.73 Å². The molecule has 0 saturated heterocycles. The molecule has 7 unspecified atom stereocenters. The number of fused-ring (bicyclic) bond motifs is 5. The van der Waals surface area contributed by atoms with Crippen LogP contribution in [0.1, 0.15) is 65.7 Å². The van der Waals surface area contributed by atoms with E-state index >= 15 is 0 Å². The Balaban J connectivity index is 1.49. The Kier molecular flexibility index (Phi) is 8.66. The first-order valence-corrected chi connectivity index (χ1v) is 16.0. The SMILES string of the molecule is CCC(=O)OC1(C(=O)SCC(=O)OC)CCC2C3CCC4=CC(=Nc5ccc(F)cc5)C(=CN)CC4(C)C3C(O)CC21C. The molecule has 3 fully saturated rings. The zero-order chi connectivity index (χ0) is 31.2. The van der Waals surface area contributed by atoms with Crippen LogP contribution in [0.4, 0.5) is 10.1 Å². The van der Waals surface area contributed by atoms with E-state index in [1.54, 1.807) is 25.3 Å². The Hall–Kier alpha value is -2.98. The lowest BCUT2D eigenvalue weighted by molar-refractivity contribution is -0.196. The number of rotatable bonds is 6. The number of carbonyl (C=O) groups is 3. The van der Waals surface area contributed by atoms with Gasteiger partial charge in [0.05, 0.1) is 30.4 Å². The molecule has 43 heavy (non-hydrogen) atoms. The number of esters is 2. The number of aliphatic imine (C=N–C) groups is 1. The van der Waals surface area contributed by atoms with Crippen molar-refractivity contribution in [3.05, 3.63) is 53.5 Å². The topological polar surface area (TPSA) is 128 Å². The van der Waals surface area contributed by atoms with E-state index in [4.69, 9.17) is 20.2 Å². The summed E-state index contributed by atoms with van der Waals surface area (Å²) in [7, 11) is 1.27. The van der Waals surface area contributed by atoms with Crippen LogP contribution in [0.3, 0.4) is 0 Å². The smallest absolute Gasteiger partial charge is 0.316 e. The lowest BCUT2D eigenvalue weighted by Gasteiger charge is -2.60. The molecule has 0 aliphatic heterocycles. The first kappa shape index (κ1) is 31.4. The molecule has 3 saturated carbocycles. The van der Waals surface area contributed by atoms with Gasteiger partial charge in [0.25, 0.3) is 0 Å². The van der Waals surface area contributed by atoms with Gasteiger partial charge in [0, 0.05) is 11.8 Å². The second kappa shape index (κ2) is 11.8. The molecule has 1 aromatic rings. The van der Waals surface area contributed by atoms with Gasteiger partial charge in [0.2, 0.25) is 5.12 Å². The van der Waals surface area contributed by atoms with Crippen molar-refractivity contribution < 1.29 is 33.4 Å². The van der Waals surface area contributed by atoms with Gasteiger partial charge in [-0.05, 0) is 104 Å². The molecule has 0 radical (unpaired) electrons. The molecule has 4 aliphatic rings. The minimum Gasteiger partial charge on any atom is -0.468 e. The van der Waals surface area contributed by atoms with Crippen molar-refractivity contribution in [3.8, 4) is 0 Å². The predicted molar refractivity (Wildman–Crippen MR) is 163 cm³/mol. The van der Waals surface area contributed by atoms with Gasteiger partial charge < -0.3 is 20.3 Å². The summed E-state index contributed by atoms with van der Waals surface area (Å²) in [6.07, 6.45) is 6.55. The number of methoxy groups -OCH3 is 1. The molecule has 0 heterocycles. The van der Waals surface area contributed by atoms with Gasteiger partial charge >= 0.3 is 11.9 Å². The first-order chi connectivity index (χ1) is 20.4. The van der Waals surface area contributed by atoms with E-state index < -0.39 is 29.1 Å². The largest absolute Gasteiger partial charge is 0.468 e. The van der Waals surface area contributed by atoms with Crippen molar-refractivity contribution in [1.29, 1.82) is 0 Å². The van der Waals surface area contributed by atoms with Crippen LogP contribution in [-0.2, 0) is 23.9 Å². The van der Waals surface area contributed by atoms with Gasteiger partial charge in [-0.1, -0.05) is 38.1 Å². The van der Waals surface area contributed by atoms with Gasteiger partial charge in [0.15, 0.2) is 5.60 Å². The number of halogens is 1. The molecule has 0 aromatic heterocycles. The number of benzene rings is 1. The van der Waals surface area contributed by atoms with Gasteiger partial charge in [-0.3, -0.25) is 14.4 Å². The van der Waals surface area contributed by atoms with Gasteiger partial charge in [-0.25, -0.2) is 9.38 Å². The van der Waals surface area contributed by atoms with E-state index in [0.29, 0.717) is 31.4 Å². The third-order valence-electron chi connectivity index (χ3n) is 10.7. The molecular formula is C33H41FN2O6S. The van der Waals surface area contributed by atoms with Crippen molar-refractivity contribution in [2.45, 2.75) is 77.4 Å². The lowest BCUT2D eigenvalue weighted by atomic mass is 9.45. The quantitative estimate of drug-likeness (QED) is 0.408. The first-order valence-electron chi connectivity index (χ1n) is 15.0. The number of hydrogen-bond acceptors (Lipinski definition) is 9. The summed E-state index contributed by atoms with van der Waals surface area (Å²) in [5.41, 5.74) is 6.97. The number of nitrogens with zero attached hydrogens (tertiary/aromatic N) is 1. The Morgan fingerprint density at radius 1 is 1.19 bits per heavy atom. The van der Waals surface area contributed by atoms with Crippen LogP contribution in [0.25, 0.3) is 0 Å². The highest BCUT2D eigenvalue weighted by atomic mass is 32.2. The molecular weight excluding hydrogens is 571 g/mol. The number of nitrogens with two attached hydrogens (primary N) is 1. The molecule has 0 spiro atoms. The number of thioether (sulfide) groups is 1. The van der Waals surface area contributed by atoms with E-state index in [1.807, 2.05) is 6.92 Å². The Morgan fingerprint density at radius 2 is 1.91 bits per heavy atom. The summed E-state index contributed by atoms with van der Waals surface area (Å²) in [6, 6.07) is 6.02. The molecule has 10 heteroatoms. The number of ether oxygens (including phenoxy) is 2.